The van der Waals surface area contributed by atoms with Gasteiger partial charge in [-0.1, -0.05) is 18.2 Å². The van der Waals surface area contributed by atoms with Crippen LogP contribution >= 0.6 is 0 Å². The number of ether oxygens (including phenoxy) is 1. The van der Waals surface area contributed by atoms with Crippen molar-refractivity contribution in [1.29, 1.82) is 0 Å². The predicted molar refractivity (Wildman–Crippen MR) is 72.8 cm³/mol. The van der Waals surface area contributed by atoms with E-state index in [-0.39, 0.29) is 17.8 Å². The Bertz CT molecular complexity index is 414. The van der Waals surface area contributed by atoms with Crippen molar-refractivity contribution >= 4 is 5.91 Å². The molecule has 4 heteroatoms. The fraction of sp³-hybridized carbons (Fsp3) is 0.533. The fourth-order valence-electron chi connectivity index (χ4n) is 2.27. The SMILES string of the molecule is O=C(CCC1CCCCO1)NCc1ccccc1O. The van der Waals surface area contributed by atoms with Gasteiger partial charge in [0, 0.05) is 25.1 Å². The van der Waals surface area contributed by atoms with E-state index in [0.717, 1.165) is 31.4 Å². The van der Waals surface area contributed by atoms with E-state index in [1.54, 1.807) is 18.2 Å². The third-order valence-corrected chi connectivity index (χ3v) is 3.43. The van der Waals surface area contributed by atoms with E-state index in [1.807, 2.05) is 6.07 Å². The third-order valence-electron chi connectivity index (χ3n) is 3.43. The van der Waals surface area contributed by atoms with Crippen LogP contribution in [0, 0.1) is 0 Å². The topological polar surface area (TPSA) is 58.6 Å². The second-order valence-electron chi connectivity index (χ2n) is 4.93. The first-order chi connectivity index (χ1) is 9.25. The molecule has 0 aliphatic carbocycles. The van der Waals surface area contributed by atoms with Crippen LogP contribution in [-0.4, -0.2) is 23.7 Å². The second kappa shape index (κ2) is 7.14. The standard InChI is InChI=1S/C15H21NO3/c17-14-7-2-1-5-12(14)11-16-15(18)9-8-13-6-3-4-10-19-13/h1-2,5,7,13,17H,3-4,6,8-11H2,(H,16,18). The molecule has 1 atom stereocenters. The predicted octanol–water partition coefficient (Wildman–Crippen LogP) is 2.36. The molecule has 1 aliphatic heterocycles. The molecule has 1 heterocycles. The molecule has 2 rings (SSSR count). The van der Waals surface area contributed by atoms with Crippen molar-refractivity contribution in [3.05, 3.63) is 29.8 Å². The van der Waals surface area contributed by atoms with Crippen LogP contribution in [0.3, 0.4) is 0 Å². The maximum Gasteiger partial charge on any atom is 0.220 e. The van der Waals surface area contributed by atoms with Crippen LogP contribution in [0.1, 0.15) is 37.7 Å². The molecule has 0 saturated carbocycles. The lowest BCUT2D eigenvalue weighted by atomic mass is 10.0. The molecule has 1 unspecified atom stereocenters. The number of aromatic hydroxyl groups is 1. The normalized spacial score (nSPS) is 19.1. The smallest absolute Gasteiger partial charge is 0.220 e. The Morgan fingerprint density at radius 3 is 2.95 bits per heavy atom. The first-order valence-electron chi connectivity index (χ1n) is 6.91. The van der Waals surface area contributed by atoms with E-state index in [1.165, 1.54) is 6.42 Å². The van der Waals surface area contributed by atoms with Gasteiger partial charge in [0.1, 0.15) is 5.75 Å². The molecule has 1 fully saturated rings. The molecule has 1 aromatic rings. The van der Waals surface area contributed by atoms with E-state index in [4.69, 9.17) is 4.74 Å². The molecule has 19 heavy (non-hydrogen) atoms. The summed E-state index contributed by atoms with van der Waals surface area (Å²) in [5, 5.41) is 12.4. The lowest BCUT2D eigenvalue weighted by Crippen LogP contribution is -2.26. The summed E-state index contributed by atoms with van der Waals surface area (Å²) in [6, 6.07) is 7.04. The molecule has 0 radical (unpaired) electrons. The lowest BCUT2D eigenvalue weighted by Gasteiger charge is -2.22. The average molecular weight is 263 g/mol. The third kappa shape index (κ3) is 4.56. The number of phenolic OH excluding ortho intramolecular Hbond substituents is 1. The molecule has 4 nitrogen and oxygen atoms in total. The molecule has 0 aromatic heterocycles. The summed E-state index contributed by atoms with van der Waals surface area (Å²) in [5.74, 6) is 0.232. The van der Waals surface area contributed by atoms with Gasteiger partial charge in [-0.05, 0) is 31.7 Å². The Balaban J connectivity index is 1.68. The maximum absolute atomic E-state index is 11.7. The van der Waals surface area contributed by atoms with Gasteiger partial charge in [-0.3, -0.25) is 4.79 Å². The molecule has 0 spiro atoms. The number of carbonyl (C=O) groups excluding carboxylic acids is 1. The van der Waals surface area contributed by atoms with Crippen molar-refractivity contribution in [2.45, 2.75) is 44.8 Å². The van der Waals surface area contributed by atoms with Crippen LogP contribution in [0.4, 0.5) is 0 Å². The maximum atomic E-state index is 11.7. The molecular formula is C15H21NO3. The highest BCUT2D eigenvalue weighted by atomic mass is 16.5. The Kier molecular flexibility index (Phi) is 5.21. The Morgan fingerprint density at radius 1 is 1.37 bits per heavy atom. The van der Waals surface area contributed by atoms with Crippen molar-refractivity contribution < 1.29 is 14.6 Å². The summed E-state index contributed by atoms with van der Waals surface area (Å²) in [7, 11) is 0. The largest absolute Gasteiger partial charge is 0.508 e. The van der Waals surface area contributed by atoms with Crippen molar-refractivity contribution in [3.63, 3.8) is 0 Å². The number of carbonyl (C=O) groups is 1. The van der Waals surface area contributed by atoms with E-state index in [9.17, 15) is 9.90 Å². The first kappa shape index (κ1) is 13.9. The van der Waals surface area contributed by atoms with Gasteiger partial charge in [0.2, 0.25) is 5.91 Å². The summed E-state index contributed by atoms with van der Waals surface area (Å²) in [4.78, 5) is 11.7. The van der Waals surface area contributed by atoms with Crippen molar-refractivity contribution in [1.82, 2.24) is 5.32 Å². The second-order valence-corrected chi connectivity index (χ2v) is 4.93. The highest BCUT2D eigenvalue weighted by molar-refractivity contribution is 5.75. The highest BCUT2D eigenvalue weighted by Crippen LogP contribution is 2.17. The van der Waals surface area contributed by atoms with Crippen molar-refractivity contribution in [2.75, 3.05) is 6.61 Å². The van der Waals surface area contributed by atoms with Gasteiger partial charge in [0.05, 0.1) is 6.10 Å². The molecule has 1 amide bonds. The van der Waals surface area contributed by atoms with Gasteiger partial charge < -0.3 is 15.2 Å². The van der Waals surface area contributed by atoms with Crippen molar-refractivity contribution in [3.8, 4) is 5.75 Å². The van der Waals surface area contributed by atoms with Gasteiger partial charge in [-0.2, -0.15) is 0 Å². The number of phenols is 1. The minimum atomic E-state index is 0.0115. The van der Waals surface area contributed by atoms with E-state index in [0.29, 0.717) is 13.0 Å². The highest BCUT2D eigenvalue weighted by Gasteiger charge is 2.15. The average Bonchev–Trinajstić information content (AvgIpc) is 2.45. The van der Waals surface area contributed by atoms with Gasteiger partial charge in [-0.25, -0.2) is 0 Å². The summed E-state index contributed by atoms with van der Waals surface area (Å²) >= 11 is 0. The number of nitrogens with one attached hydrogen (secondary N) is 1. The number of hydrogen-bond donors (Lipinski definition) is 2. The Hall–Kier alpha value is -1.55. The Labute approximate surface area is 113 Å². The molecule has 0 bridgehead atoms. The summed E-state index contributed by atoms with van der Waals surface area (Å²) < 4.78 is 5.59. The molecule has 2 N–H and O–H groups in total. The van der Waals surface area contributed by atoms with Gasteiger partial charge in [-0.15, -0.1) is 0 Å². The first-order valence-corrected chi connectivity index (χ1v) is 6.91. The monoisotopic (exact) mass is 263 g/mol. The van der Waals surface area contributed by atoms with Crippen LogP contribution in [0.5, 0.6) is 5.75 Å². The minimum absolute atomic E-state index is 0.0115. The zero-order valence-corrected chi connectivity index (χ0v) is 11.1. The van der Waals surface area contributed by atoms with Gasteiger partial charge >= 0.3 is 0 Å². The Morgan fingerprint density at radius 2 is 2.21 bits per heavy atom. The number of hydrogen-bond acceptors (Lipinski definition) is 3. The minimum Gasteiger partial charge on any atom is -0.508 e. The van der Waals surface area contributed by atoms with Crippen LogP contribution in [0.2, 0.25) is 0 Å². The van der Waals surface area contributed by atoms with E-state index < -0.39 is 0 Å². The molecular weight excluding hydrogens is 242 g/mol. The quantitative estimate of drug-likeness (QED) is 0.857. The van der Waals surface area contributed by atoms with Crippen LogP contribution in [-0.2, 0) is 16.1 Å². The zero-order chi connectivity index (χ0) is 13.5. The summed E-state index contributed by atoms with van der Waals surface area (Å²) in [6.45, 7) is 1.20. The summed E-state index contributed by atoms with van der Waals surface area (Å²) in [6.07, 6.45) is 4.90. The number of amides is 1. The lowest BCUT2D eigenvalue weighted by molar-refractivity contribution is -0.122. The van der Waals surface area contributed by atoms with Gasteiger partial charge in [0.15, 0.2) is 0 Å². The van der Waals surface area contributed by atoms with E-state index in [2.05, 4.69) is 5.32 Å². The van der Waals surface area contributed by atoms with Crippen LogP contribution < -0.4 is 5.32 Å². The molecule has 1 aliphatic rings. The zero-order valence-electron chi connectivity index (χ0n) is 11.1. The number of rotatable bonds is 5. The van der Waals surface area contributed by atoms with Crippen LogP contribution in [0.15, 0.2) is 24.3 Å². The molecule has 104 valence electrons. The van der Waals surface area contributed by atoms with Gasteiger partial charge in [0.25, 0.3) is 0 Å². The number of para-hydroxylation sites is 1. The van der Waals surface area contributed by atoms with Crippen molar-refractivity contribution in [2.24, 2.45) is 0 Å². The molecule has 1 saturated heterocycles. The number of benzene rings is 1. The summed E-state index contributed by atoms with van der Waals surface area (Å²) in [5.41, 5.74) is 0.741. The molecule has 1 aromatic carbocycles. The van der Waals surface area contributed by atoms with Crippen LogP contribution in [0.25, 0.3) is 0 Å². The van der Waals surface area contributed by atoms with E-state index >= 15 is 0 Å². The fourth-order valence-corrected chi connectivity index (χ4v) is 2.27.